The molecule has 1 atom stereocenters. The van der Waals surface area contributed by atoms with Gasteiger partial charge < -0.3 is 0 Å². The SMILES string of the molecule is CC(C)(C)CC1(C(=O)N[SH](=O)=O)CC1(C)C. The molecule has 1 fully saturated rings. The molecule has 1 rings (SSSR count). The normalized spacial score (nSPS) is 27.9. The first-order chi connectivity index (χ1) is 7.00. The van der Waals surface area contributed by atoms with Crippen molar-refractivity contribution in [2.75, 3.05) is 0 Å². The van der Waals surface area contributed by atoms with Crippen LogP contribution in [0.4, 0.5) is 0 Å². The second-order valence-electron chi connectivity index (χ2n) is 6.58. The van der Waals surface area contributed by atoms with Gasteiger partial charge in [-0.1, -0.05) is 34.6 Å². The monoisotopic (exact) mass is 247 g/mol. The van der Waals surface area contributed by atoms with Crippen molar-refractivity contribution in [2.24, 2.45) is 16.2 Å². The Hall–Kier alpha value is -0.580. The molecule has 94 valence electrons. The number of carbonyl (C=O) groups is 1. The first-order valence-electron chi connectivity index (χ1n) is 5.46. The van der Waals surface area contributed by atoms with Crippen LogP contribution in [0.1, 0.15) is 47.5 Å². The molecule has 0 aromatic carbocycles. The van der Waals surface area contributed by atoms with E-state index in [-0.39, 0.29) is 16.7 Å². The fourth-order valence-electron chi connectivity index (χ4n) is 2.58. The fraction of sp³-hybridized carbons (Fsp3) is 0.909. The van der Waals surface area contributed by atoms with Gasteiger partial charge in [-0.2, -0.15) is 0 Å². The molecular formula is C11H21NO3S. The predicted molar refractivity (Wildman–Crippen MR) is 63.4 cm³/mol. The van der Waals surface area contributed by atoms with Crippen molar-refractivity contribution in [2.45, 2.75) is 47.5 Å². The van der Waals surface area contributed by atoms with Crippen LogP contribution in [0.5, 0.6) is 0 Å². The number of thiol groups is 1. The maximum atomic E-state index is 11.9. The molecule has 1 N–H and O–H groups in total. The van der Waals surface area contributed by atoms with E-state index < -0.39 is 16.3 Å². The average molecular weight is 247 g/mol. The lowest BCUT2D eigenvalue weighted by Gasteiger charge is -2.27. The summed E-state index contributed by atoms with van der Waals surface area (Å²) < 4.78 is 23.2. The van der Waals surface area contributed by atoms with Crippen LogP contribution < -0.4 is 4.72 Å². The van der Waals surface area contributed by atoms with Gasteiger partial charge in [0.15, 0.2) is 0 Å². The Morgan fingerprint density at radius 1 is 1.31 bits per heavy atom. The number of rotatable bonds is 3. The highest BCUT2D eigenvalue weighted by atomic mass is 32.2. The molecule has 0 aromatic heterocycles. The van der Waals surface area contributed by atoms with Crippen molar-refractivity contribution in [1.82, 2.24) is 4.72 Å². The van der Waals surface area contributed by atoms with Crippen LogP contribution in [0, 0.1) is 16.2 Å². The molecule has 4 nitrogen and oxygen atoms in total. The van der Waals surface area contributed by atoms with E-state index in [0.29, 0.717) is 6.42 Å². The number of amides is 1. The molecule has 1 aliphatic rings. The van der Waals surface area contributed by atoms with Gasteiger partial charge in [0.25, 0.3) is 0 Å². The largest absolute Gasteiger partial charge is 0.273 e. The summed E-state index contributed by atoms with van der Waals surface area (Å²) in [5.74, 6) is -0.344. The van der Waals surface area contributed by atoms with E-state index in [9.17, 15) is 13.2 Å². The Kier molecular flexibility index (Phi) is 3.14. The second-order valence-corrected chi connectivity index (χ2v) is 7.32. The lowest BCUT2D eigenvalue weighted by molar-refractivity contribution is -0.126. The maximum absolute atomic E-state index is 11.9. The number of hydrogen-bond acceptors (Lipinski definition) is 3. The molecule has 1 amide bonds. The van der Waals surface area contributed by atoms with Crippen LogP contribution in [0.2, 0.25) is 0 Å². The van der Waals surface area contributed by atoms with E-state index in [1.807, 2.05) is 18.6 Å². The Morgan fingerprint density at radius 2 is 1.75 bits per heavy atom. The van der Waals surface area contributed by atoms with Crippen LogP contribution in [-0.4, -0.2) is 14.3 Å². The zero-order valence-electron chi connectivity index (χ0n) is 10.6. The van der Waals surface area contributed by atoms with E-state index in [4.69, 9.17) is 0 Å². The van der Waals surface area contributed by atoms with Crippen molar-refractivity contribution in [3.8, 4) is 0 Å². The second kappa shape index (κ2) is 3.72. The Balaban J connectivity index is 2.89. The quantitative estimate of drug-likeness (QED) is 0.743. The molecule has 0 saturated heterocycles. The number of carbonyl (C=O) groups excluding carboxylic acids is 1. The van der Waals surface area contributed by atoms with Crippen LogP contribution in [-0.2, 0) is 15.7 Å². The highest BCUT2D eigenvalue weighted by Crippen LogP contribution is 2.67. The van der Waals surface area contributed by atoms with Crippen LogP contribution in [0.3, 0.4) is 0 Å². The number of nitrogens with one attached hydrogen (secondary N) is 1. The maximum Gasteiger partial charge on any atom is 0.240 e. The molecule has 0 spiro atoms. The molecule has 1 saturated carbocycles. The lowest BCUT2D eigenvalue weighted by atomic mass is 9.78. The Labute approximate surface area is 98.9 Å². The zero-order valence-corrected chi connectivity index (χ0v) is 11.5. The summed E-state index contributed by atoms with van der Waals surface area (Å²) in [4.78, 5) is 11.9. The van der Waals surface area contributed by atoms with Gasteiger partial charge >= 0.3 is 0 Å². The Morgan fingerprint density at radius 3 is 2.00 bits per heavy atom. The molecule has 0 aliphatic heterocycles. The van der Waals surface area contributed by atoms with E-state index in [2.05, 4.69) is 20.8 Å². The Bertz CT molecular complexity index is 371. The van der Waals surface area contributed by atoms with Gasteiger partial charge in [0.05, 0.1) is 5.41 Å². The number of hydrogen-bond donors (Lipinski definition) is 2. The minimum Gasteiger partial charge on any atom is -0.273 e. The summed E-state index contributed by atoms with van der Waals surface area (Å²) in [5.41, 5.74) is -0.601. The summed E-state index contributed by atoms with van der Waals surface area (Å²) in [6, 6.07) is 0. The molecule has 16 heavy (non-hydrogen) atoms. The third-order valence-corrected chi connectivity index (χ3v) is 3.76. The third kappa shape index (κ3) is 2.56. The van der Waals surface area contributed by atoms with Crippen molar-refractivity contribution < 1.29 is 13.2 Å². The summed E-state index contributed by atoms with van der Waals surface area (Å²) in [6.45, 7) is 10.2. The van der Waals surface area contributed by atoms with Crippen LogP contribution in [0.15, 0.2) is 0 Å². The molecule has 0 heterocycles. The van der Waals surface area contributed by atoms with Gasteiger partial charge in [-0.15, -0.1) is 0 Å². The van der Waals surface area contributed by atoms with Gasteiger partial charge in [-0.25, -0.2) is 8.42 Å². The minimum atomic E-state index is -2.85. The molecule has 0 bridgehead atoms. The van der Waals surface area contributed by atoms with Crippen molar-refractivity contribution in [1.29, 1.82) is 0 Å². The van der Waals surface area contributed by atoms with Gasteiger partial charge in [0, 0.05) is 0 Å². The summed E-state index contributed by atoms with van der Waals surface area (Å²) >= 11 is 0. The van der Waals surface area contributed by atoms with E-state index in [1.54, 1.807) is 0 Å². The lowest BCUT2D eigenvalue weighted by Crippen LogP contribution is -2.36. The molecule has 1 aliphatic carbocycles. The zero-order chi connectivity index (χ0) is 12.8. The predicted octanol–water partition coefficient (Wildman–Crippen LogP) is 1.48. The van der Waals surface area contributed by atoms with Gasteiger partial charge in [0.1, 0.15) is 0 Å². The van der Waals surface area contributed by atoms with Crippen LogP contribution >= 0.6 is 0 Å². The third-order valence-electron chi connectivity index (χ3n) is 3.37. The topological polar surface area (TPSA) is 63.2 Å². The van der Waals surface area contributed by atoms with Crippen molar-refractivity contribution in [3.63, 3.8) is 0 Å². The molecule has 1 unspecified atom stereocenters. The first kappa shape index (κ1) is 13.5. The smallest absolute Gasteiger partial charge is 0.240 e. The van der Waals surface area contributed by atoms with Crippen molar-refractivity contribution in [3.05, 3.63) is 0 Å². The van der Waals surface area contributed by atoms with E-state index in [0.717, 1.165) is 6.42 Å². The summed E-state index contributed by atoms with van der Waals surface area (Å²) in [5, 5.41) is 0. The molecule has 5 heteroatoms. The van der Waals surface area contributed by atoms with E-state index in [1.165, 1.54) is 0 Å². The molecule has 0 aromatic rings. The summed E-state index contributed by atoms with van der Waals surface area (Å²) in [7, 11) is -2.85. The molecular weight excluding hydrogens is 226 g/mol. The summed E-state index contributed by atoms with van der Waals surface area (Å²) in [6.07, 6.45) is 1.47. The first-order valence-corrected chi connectivity index (χ1v) is 6.63. The fourth-order valence-corrected chi connectivity index (χ4v) is 2.96. The minimum absolute atomic E-state index is 0.0135. The van der Waals surface area contributed by atoms with Gasteiger partial charge in [-0.05, 0) is 23.7 Å². The van der Waals surface area contributed by atoms with Crippen LogP contribution in [0.25, 0.3) is 0 Å². The standard InChI is InChI=1S/C11H21NO3S/c1-9(2,3)6-11(7-10(11,4)5)8(13)12-16(14)15/h16H,6-7H2,1-5H3,(H,12,13,14,15). The van der Waals surface area contributed by atoms with Crippen molar-refractivity contribution >= 4 is 16.8 Å². The highest BCUT2D eigenvalue weighted by molar-refractivity contribution is 7.71. The molecule has 0 radical (unpaired) electrons. The van der Waals surface area contributed by atoms with Gasteiger partial charge in [0.2, 0.25) is 16.8 Å². The highest BCUT2D eigenvalue weighted by Gasteiger charge is 2.66. The van der Waals surface area contributed by atoms with E-state index >= 15 is 0 Å². The average Bonchev–Trinajstić information content (AvgIpc) is 2.48. The van der Waals surface area contributed by atoms with Gasteiger partial charge in [-0.3, -0.25) is 9.52 Å².